The molecular weight excluding hydrogens is 256 g/mol. The second kappa shape index (κ2) is 5.81. The number of methoxy groups -OCH3 is 1. The van der Waals surface area contributed by atoms with Crippen LogP contribution in [0, 0.1) is 6.92 Å². The highest BCUT2D eigenvalue weighted by molar-refractivity contribution is 5.93. The van der Waals surface area contributed by atoms with Gasteiger partial charge in [-0.05, 0) is 38.0 Å². The van der Waals surface area contributed by atoms with Crippen molar-refractivity contribution in [2.75, 3.05) is 32.1 Å². The molecule has 20 heavy (non-hydrogen) atoms. The number of hydrogen-bond donors (Lipinski definition) is 2. The molecule has 1 amide bonds. The second-order valence-corrected chi connectivity index (χ2v) is 5.71. The van der Waals surface area contributed by atoms with E-state index < -0.39 is 5.60 Å². The minimum Gasteiger partial charge on any atom is -0.495 e. The van der Waals surface area contributed by atoms with Crippen molar-refractivity contribution in [3.63, 3.8) is 0 Å². The molecule has 1 saturated heterocycles. The summed E-state index contributed by atoms with van der Waals surface area (Å²) in [5, 5.41) is 12.8. The molecule has 5 heteroatoms. The first-order valence-corrected chi connectivity index (χ1v) is 6.79. The van der Waals surface area contributed by atoms with Crippen molar-refractivity contribution in [2.45, 2.75) is 25.9 Å². The Balaban J connectivity index is 1.97. The van der Waals surface area contributed by atoms with E-state index in [1.807, 2.05) is 30.0 Å². The zero-order valence-electron chi connectivity index (χ0n) is 12.3. The Morgan fingerprint density at radius 3 is 2.90 bits per heavy atom. The van der Waals surface area contributed by atoms with Gasteiger partial charge in [0.05, 0.1) is 24.9 Å². The fraction of sp³-hybridized carbons (Fsp3) is 0.533. The number of nitrogens with one attached hydrogen (secondary N) is 1. The maximum atomic E-state index is 12.1. The molecule has 0 aliphatic carbocycles. The van der Waals surface area contributed by atoms with Gasteiger partial charge in [-0.3, -0.25) is 9.69 Å². The van der Waals surface area contributed by atoms with Crippen LogP contribution in [0.3, 0.4) is 0 Å². The summed E-state index contributed by atoms with van der Waals surface area (Å²) in [6, 6.07) is 5.66. The molecule has 1 aromatic carbocycles. The van der Waals surface area contributed by atoms with Crippen LogP contribution in [-0.4, -0.2) is 48.3 Å². The number of hydrogen-bond acceptors (Lipinski definition) is 4. The molecular formula is C15H22N2O3. The normalized spacial score (nSPS) is 22.8. The van der Waals surface area contributed by atoms with E-state index in [2.05, 4.69) is 5.32 Å². The third kappa shape index (κ3) is 3.71. The van der Waals surface area contributed by atoms with Crippen molar-refractivity contribution in [1.29, 1.82) is 0 Å². The first-order chi connectivity index (χ1) is 9.39. The van der Waals surface area contributed by atoms with E-state index in [0.29, 0.717) is 24.4 Å². The molecule has 0 saturated carbocycles. The van der Waals surface area contributed by atoms with E-state index in [9.17, 15) is 9.90 Å². The minimum absolute atomic E-state index is 0.0911. The van der Waals surface area contributed by atoms with Crippen molar-refractivity contribution in [2.24, 2.45) is 0 Å². The molecule has 1 fully saturated rings. The van der Waals surface area contributed by atoms with Crippen molar-refractivity contribution in [3.05, 3.63) is 23.8 Å². The molecule has 1 unspecified atom stereocenters. The SMILES string of the molecule is COc1ccc(C)cc1NC(=O)CN1CCC(C)(O)C1. The van der Waals surface area contributed by atoms with Gasteiger partial charge in [-0.1, -0.05) is 6.07 Å². The van der Waals surface area contributed by atoms with Gasteiger partial charge >= 0.3 is 0 Å². The molecule has 5 nitrogen and oxygen atoms in total. The number of benzene rings is 1. The zero-order chi connectivity index (χ0) is 14.8. The monoisotopic (exact) mass is 278 g/mol. The molecule has 2 N–H and O–H groups in total. The lowest BCUT2D eigenvalue weighted by molar-refractivity contribution is -0.117. The van der Waals surface area contributed by atoms with E-state index in [4.69, 9.17) is 4.74 Å². The molecule has 1 aromatic rings. The maximum absolute atomic E-state index is 12.1. The van der Waals surface area contributed by atoms with Gasteiger partial charge in [0, 0.05) is 13.1 Å². The molecule has 2 rings (SSSR count). The summed E-state index contributed by atoms with van der Waals surface area (Å²) in [6.45, 7) is 5.32. The Morgan fingerprint density at radius 2 is 2.30 bits per heavy atom. The van der Waals surface area contributed by atoms with E-state index in [-0.39, 0.29) is 12.5 Å². The largest absolute Gasteiger partial charge is 0.495 e. The van der Waals surface area contributed by atoms with Gasteiger partial charge in [0.2, 0.25) is 5.91 Å². The Bertz CT molecular complexity index is 500. The van der Waals surface area contributed by atoms with Gasteiger partial charge in [-0.25, -0.2) is 0 Å². The molecule has 0 radical (unpaired) electrons. The lowest BCUT2D eigenvalue weighted by Gasteiger charge is -2.18. The number of amides is 1. The topological polar surface area (TPSA) is 61.8 Å². The van der Waals surface area contributed by atoms with Crippen molar-refractivity contribution < 1.29 is 14.6 Å². The van der Waals surface area contributed by atoms with Crippen molar-refractivity contribution >= 4 is 11.6 Å². The number of aryl methyl sites for hydroxylation is 1. The Hall–Kier alpha value is -1.59. The summed E-state index contributed by atoms with van der Waals surface area (Å²) in [6.07, 6.45) is 0.702. The fourth-order valence-electron chi connectivity index (χ4n) is 2.49. The Kier molecular flexibility index (Phi) is 4.30. The van der Waals surface area contributed by atoms with Crippen LogP contribution in [0.5, 0.6) is 5.75 Å². The number of carbonyl (C=O) groups excluding carboxylic acids is 1. The molecule has 0 bridgehead atoms. The average molecular weight is 278 g/mol. The van der Waals surface area contributed by atoms with Crippen LogP contribution in [-0.2, 0) is 4.79 Å². The molecule has 0 aromatic heterocycles. The number of β-amino-alcohol motifs (C(OH)–C–C–N with tert-alkyl or cyclic N) is 1. The number of carbonyl (C=O) groups is 1. The quantitative estimate of drug-likeness (QED) is 0.874. The van der Waals surface area contributed by atoms with Crippen LogP contribution in [0.4, 0.5) is 5.69 Å². The van der Waals surface area contributed by atoms with Crippen LogP contribution < -0.4 is 10.1 Å². The van der Waals surface area contributed by atoms with Gasteiger partial charge in [0.1, 0.15) is 5.75 Å². The minimum atomic E-state index is -0.679. The number of aliphatic hydroxyl groups is 1. The third-order valence-electron chi connectivity index (χ3n) is 3.53. The predicted octanol–water partition coefficient (Wildman–Crippen LogP) is 1.40. The van der Waals surface area contributed by atoms with Gasteiger partial charge in [0.15, 0.2) is 0 Å². The van der Waals surface area contributed by atoms with E-state index >= 15 is 0 Å². The molecule has 0 spiro atoms. The standard InChI is InChI=1S/C15H22N2O3/c1-11-4-5-13(20-3)12(8-11)16-14(18)9-17-7-6-15(2,19)10-17/h4-5,8,19H,6-7,9-10H2,1-3H3,(H,16,18). The third-order valence-corrected chi connectivity index (χ3v) is 3.53. The summed E-state index contributed by atoms with van der Waals surface area (Å²) < 4.78 is 5.24. The van der Waals surface area contributed by atoms with Gasteiger partial charge in [-0.15, -0.1) is 0 Å². The van der Waals surface area contributed by atoms with Crippen LogP contribution in [0.25, 0.3) is 0 Å². The summed E-state index contributed by atoms with van der Waals surface area (Å²) in [7, 11) is 1.58. The maximum Gasteiger partial charge on any atom is 0.238 e. The first kappa shape index (κ1) is 14.8. The van der Waals surface area contributed by atoms with E-state index in [0.717, 1.165) is 12.1 Å². The Morgan fingerprint density at radius 1 is 1.55 bits per heavy atom. The van der Waals surface area contributed by atoms with Crippen molar-refractivity contribution in [3.8, 4) is 5.75 Å². The van der Waals surface area contributed by atoms with Crippen LogP contribution in [0.15, 0.2) is 18.2 Å². The summed E-state index contributed by atoms with van der Waals surface area (Å²) >= 11 is 0. The second-order valence-electron chi connectivity index (χ2n) is 5.71. The number of nitrogens with zero attached hydrogens (tertiary/aromatic N) is 1. The molecule has 1 atom stereocenters. The zero-order valence-corrected chi connectivity index (χ0v) is 12.3. The average Bonchev–Trinajstić information content (AvgIpc) is 2.68. The van der Waals surface area contributed by atoms with Crippen LogP contribution >= 0.6 is 0 Å². The number of rotatable bonds is 4. The first-order valence-electron chi connectivity index (χ1n) is 6.79. The number of anilines is 1. The van der Waals surface area contributed by atoms with Gasteiger partial charge in [-0.2, -0.15) is 0 Å². The highest BCUT2D eigenvalue weighted by atomic mass is 16.5. The smallest absolute Gasteiger partial charge is 0.238 e. The van der Waals surface area contributed by atoms with E-state index in [1.165, 1.54) is 0 Å². The lowest BCUT2D eigenvalue weighted by Crippen LogP contribution is -2.35. The number of likely N-dealkylation sites (tertiary alicyclic amines) is 1. The molecule has 1 aliphatic rings. The highest BCUT2D eigenvalue weighted by Crippen LogP contribution is 2.25. The lowest BCUT2D eigenvalue weighted by atomic mass is 10.1. The summed E-state index contributed by atoms with van der Waals surface area (Å²) in [5.74, 6) is 0.559. The van der Waals surface area contributed by atoms with Crippen LogP contribution in [0.1, 0.15) is 18.9 Å². The number of ether oxygens (including phenoxy) is 1. The summed E-state index contributed by atoms with van der Waals surface area (Å²) in [5.41, 5.74) is 1.06. The predicted molar refractivity (Wildman–Crippen MR) is 78.0 cm³/mol. The molecule has 110 valence electrons. The van der Waals surface area contributed by atoms with Crippen molar-refractivity contribution in [1.82, 2.24) is 4.90 Å². The van der Waals surface area contributed by atoms with Crippen LogP contribution in [0.2, 0.25) is 0 Å². The fourth-order valence-corrected chi connectivity index (χ4v) is 2.49. The summed E-state index contributed by atoms with van der Waals surface area (Å²) in [4.78, 5) is 14.0. The Labute approximate surface area is 119 Å². The van der Waals surface area contributed by atoms with E-state index in [1.54, 1.807) is 14.0 Å². The van der Waals surface area contributed by atoms with Gasteiger partial charge in [0.25, 0.3) is 0 Å². The highest BCUT2D eigenvalue weighted by Gasteiger charge is 2.32. The molecule has 1 heterocycles. The van der Waals surface area contributed by atoms with Gasteiger partial charge < -0.3 is 15.2 Å². The molecule has 1 aliphatic heterocycles.